The predicted octanol–water partition coefficient (Wildman–Crippen LogP) is 1.00. The van der Waals surface area contributed by atoms with Gasteiger partial charge in [-0.1, -0.05) is 20.8 Å². The first kappa shape index (κ1) is 15.2. The third-order valence-electron chi connectivity index (χ3n) is 2.90. The lowest BCUT2D eigenvalue weighted by molar-refractivity contribution is -0.123. The summed E-state index contributed by atoms with van der Waals surface area (Å²) < 4.78 is 0. The minimum Gasteiger partial charge on any atom is -0.384 e. The third-order valence-corrected chi connectivity index (χ3v) is 2.90. The maximum absolute atomic E-state index is 11.5. The Kier molecular flexibility index (Phi) is 5.09. The highest BCUT2D eigenvalue weighted by molar-refractivity contribution is 5.78. The molecule has 6 heteroatoms. The summed E-state index contributed by atoms with van der Waals surface area (Å²) in [6.07, 6.45) is 0. The lowest BCUT2D eigenvalue weighted by atomic mass is 10.1. The summed E-state index contributed by atoms with van der Waals surface area (Å²) in [5, 5.41) is 2.64. The number of amides is 1. The number of hydrogen-bond donors (Lipinski definition) is 2. The highest BCUT2D eigenvalue weighted by Crippen LogP contribution is 2.18. The van der Waals surface area contributed by atoms with Gasteiger partial charge in [-0.05, 0) is 0 Å². The van der Waals surface area contributed by atoms with E-state index in [1.54, 1.807) is 13.1 Å². The minimum absolute atomic E-state index is 0.0120. The highest BCUT2D eigenvalue weighted by atomic mass is 16.1. The maximum Gasteiger partial charge on any atom is 0.224 e. The van der Waals surface area contributed by atoms with E-state index in [0.29, 0.717) is 12.4 Å². The average Bonchev–Trinajstić information content (AvgIpc) is 2.36. The van der Waals surface area contributed by atoms with Crippen LogP contribution in [-0.4, -0.2) is 36.5 Å². The first-order valence-electron chi connectivity index (χ1n) is 6.42. The first-order valence-corrected chi connectivity index (χ1v) is 6.42. The number of nitrogens with two attached hydrogens (primary N) is 1. The summed E-state index contributed by atoms with van der Waals surface area (Å²) in [7, 11) is 3.53. The number of hydrogen-bond acceptors (Lipinski definition) is 5. The maximum atomic E-state index is 11.5. The van der Waals surface area contributed by atoms with Gasteiger partial charge in [0.25, 0.3) is 0 Å². The predicted molar refractivity (Wildman–Crippen MR) is 77.0 cm³/mol. The van der Waals surface area contributed by atoms with Crippen molar-refractivity contribution in [1.82, 2.24) is 15.3 Å². The Labute approximate surface area is 114 Å². The van der Waals surface area contributed by atoms with Gasteiger partial charge in [-0.25, -0.2) is 9.97 Å². The van der Waals surface area contributed by atoms with E-state index in [1.165, 1.54) is 0 Å². The zero-order chi connectivity index (χ0) is 14.6. The molecule has 106 valence electrons. The number of rotatable bonds is 5. The van der Waals surface area contributed by atoms with Crippen molar-refractivity contribution in [2.24, 2.45) is 5.92 Å². The zero-order valence-corrected chi connectivity index (χ0v) is 12.3. The lowest BCUT2D eigenvalue weighted by Crippen LogP contribution is -2.34. The van der Waals surface area contributed by atoms with Crippen LogP contribution in [-0.2, 0) is 4.79 Å². The molecule has 0 spiro atoms. The van der Waals surface area contributed by atoms with E-state index in [4.69, 9.17) is 5.73 Å². The van der Waals surface area contributed by atoms with Crippen molar-refractivity contribution >= 4 is 17.5 Å². The van der Waals surface area contributed by atoms with Crippen LogP contribution in [0.2, 0.25) is 0 Å². The van der Waals surface area contributed by atoms with E-state index in [2.05, 4.69) is 15.3 Å². The van der Waals surface area contributed by atoms with Crippen LogP contribution in [0, 0.1) is 5.92 Å². The number of nitrogen functional groups attached to an aromatic ring is 1. The van der Waals surface area contributed by atoms with Crippen molar-refractivity contribution in [2.45, 2.75) is 26.7 Å². The molecule has 3 N–H and O–H groups in total. The number of anilines is 2. The van der Waals surface area contributed by atoms with Gasteiger partial charge >= 0.3 is 0 Å². The Hall–Kier alpha value is -1.85. The van der Waals surface area contributed by atoms with E-state index in [0.717, 1.165) is 11.6 Å². The Bertz CT molecular complexity index is 447. The largest absolute Gasteiger partial charge is 0.384 e. The van der Waals surface area contributed by atoms with Gasteiger partial charge < -0.3 is 16.0 Å². The fraction of sp³-hybridized carbons (Fsp3) is 0.615. The SMILES string of the molecule is CNC(=O)C(C)CN(C)c1cc(N)nc(C(C)C)n1. The van der Waals surface area contributed by atoms with Gasteiger partial charge in [0.1, 0.15) is 17.5 Å². The van der Waals surface area contributed by atoms with Crippen LogP contribution in [0.15, 0.2) is 6.07 Å². The molecule has 0 bridgehead atoms. The summed E-state index contributed by atoms with van der Waals surface area (Å²) in [4.78, 5) is 22.1. The molecule has 0 aromatic carbocycles. The number of carbonyl (C=O) groups is 1. The topological polar surface area (TPSA) is 84.1 Å². The second-order valence-corrected chi connectivity index (χ2v) is 5.06. The molecule has 1 amide bonds. The molecule has 1 unspecified atom stereocenters. The molecule has 0 saturated carbocycles. The summed E-state index contributed by atoms with van der Waals surface area (Å²) in [6.45, 7) is 6.49. The second kappa shape index (κ2) is 6.36. The molecular weight excluding hydrogens is 242 g/mol. The van der Waals surface area contributed by atoms with E-state index in [-0.39, 0.29) is 17.7 Å². The first-order chi connectivity index (χ1) is 8.85. The molecule has 0 aliphatic carbocycles. The fourth-order valence-electron chi connectivity index (χ4n) is 1.76. The van der Waals surface area contributed by atoms with Gasteiger partial charge in [-0.15, -0.1) is 0 Å². The molecule has 1 aromatic heterocycles. The Morgan fingerprint density at radius 1 is 1.42 bits per heavy atom. The Balaban J connectivity index is 2.87. The van der Waals surface area contributed by atoms with Gasteiger partial charge in [-0.2, -0.15) is 0 Å². The van der Waals surface area contributed by atoms with Crippen molar-refractivity contribution in [3.63, 3.8) is 0 Å². The van der Waals surface area contributed by atoms with E-state index >= 15 is 0 Å². The number of carbonyl (C=O) groups excluding carboxylic acids is 1. The van der Waals surface area contributed by atoms with Crippen LogP contribution in [0.4, 0.5) is 11.6 Å². The van der Waals surface area contributed by atoms with Crippen LogP contribution in [0.5, 0.6) is 0 Å². The van der Waals surface area contributed by atoms with Crippen molar-refractivity contribution in [3.8, 4) is 0 Å². The lowest BCUT2D eigenvalue weighted by Gasteiger charge is -2.22. The standard InChI is InChI=1S/C13H23N5O/c1-8(2)12-16-10(14)6-11(17-12)18(5)7-9(3)13(19)15-4/h6,8-9H,7H2,1-5H3,(H,15,19)(H2,14,16,17). The van der Waals surface area contributed by atoms with Gasteiger partial charge in [0, 0.05) is 32.6 Å². The van der Waals surface area contributed by atoms with E-state index in [9.17, 15) is 4.79 Å². The summed E-state index contributed by atoms with van der Waals surface area (Å²) in [6, 6.07) is 1.72. The normalized spacial score (nSPS) is 12.3. The zero-order valence-electron chi connectivity index (χ0n) is 12.3. The van der Waals surface area contributed by atoms with Crippen molar-refractivity contribution in [2.75, 3.05) is 31.3 Å². The smallest absolute Gasteiger partial charge is 0.224 e. The molecule has 1 aromatic rings. The van der Waals surface area contributed by atoms with Gasteiger partial charge in [0.05, 0.1) is 5.92 Å². The van der Waals surface area contributed by atoms with Crippen molar-refractivity contribution in [1.29, 1.82) is 0 Å². The molecule has 0 saturated heterocycles. The quantitative estimate of drug-likeness (QED) is 0.829. The molecule has 0 aliphatic heterocycles. The van der Waals surface area contributed by atoms with Crippen LogP contribution >= 0.6 is 0 Å². The summed E-state index contributed by atoms with van der Waals surface area (Å²) >= 11 is 0. The highest BCUT2D eigenvalue weighted by Gasteiger charge is 2.16. The molecule has 0 aliphatic rings. The molecular formula is C13H23N5O. The second-order valence-electron chi connectivity index (χ2n) is 5.06. The van der Waals surface area contributed by atoms with Gasteiger partial charge in [0.2, 0.25) is 5.91 Å². The number of nitrogens with zero attached hydrogens (tertiary/aromatic N) is 3. The van der Waals surface area contributed by atoms with Gasteiger partial charge in [0.15, 0.2) is 0 Å². The molecule has 1 heterocycles. The number of aromatic nitrogens is 2. The summed E-state index contributed by atoms with van der Waals surface area (Å²) in [5.74, 6) is 2.02. The van der Waals surface area contributed by atoms with Crippen LogP contribution in [0.3, 0.4) is 0 Å². The van der Waals surface area contributed by atoms with E-state index < -0.39 is 0 Å². The van der Waals surface area contributed by atoms with Crippen molar-refractivity contribution in [3.05, 3.63) is 11.9 Å². The molecule has 0 radical (unpaired) electrons. The van der Waals surface area contributed by atoms with Crippen LogP contribution < -0.4 is 16.0 Å². The summed E-state index contributed by atoms with van der Waals surface area (Å²) in [5.41, 5.74) is 5.79. The molecule has 1 rings (SSSR count). The molecule has 6 nitrogen and oxygen atoms in total. The molecule has 0 fully saturated rings. The van der Waals surface area contributed by atoms with Crippen molar-refractivity contribution < 1.29 is 4.79 Å². The van der Waals surface area contributed by atoms with E-state index in [1.807, 2.05) is 32.7 Å². The Morgan fingerprint density at radius 2 is 2.05 bits per heavy atom. The minimum atomic E-state index is -0.117. The Morgan fingerprint density at radius 3 is 2.58 bits per heavy atom. The van der Waals surface area contributed by atoms with Gasteiger partial charge in [-0.3, -0.25) is 4.79 Å². The number of nitrogens with one attached hydrogen (secondary N) is 1. The average molecular weight is 265 g/mol. The third kappa shape index (κ3) is 4.08. The molecule has 19 heavy (non-hydrogen) atoms. The van der Waals surface area contributed by atoms with Crippen LogP contribution in [0.1, 0.15) is 32.5 Å². The fourth-order valence-corrected chi connectivity index (χ4v) is 1.76. The van der Waals surface area contributed by atoms with Crippen LogP contribution in [0.25, 0.3) is 0 Å². The monoisotopic (exact) mass is 265 g/mol. The molecule has 1 atom stereocenters.